The van der Waals surface area contributed by atoms with Gasteiger partial charge in [0.1, 0.15) is 0 Å². The zero-order chi connectivity index (χ0) is 11.3. The number of aliphatic carboxylic acids is 2. The van der Waals surface area contributed by atoms with Crippen molar-refractivity contribution in [3.8, 4) is 0 Å². The largest absolute Gasteiger partial charge is 0.481 e. The highest BCUT2D eigenvalue weighted by Gasteiger charge is 2.25. The molecule has 0 unspecified atom stereocenters. The van der Waals surface area contributed by atoms with Gasteiger partial charge in [-0.15, -0.1) is 0 Å². The number of rotatable bonds is 5. The second-order valence-corrected chi connectivity index (χ2v) is 2.72. The van der Waals surface area contributed by atoms with Crippen molar-refractivity contribution < 1.29 is 24.6 Å². The fourth-order valence-electron chi connectivity index (χ4n) is 0.626. The molecule has 0 saturated heterocycles. The van der Waals surface area contributed by atoms with E-state index in [1.54, 1.807) is 0 Å². The lowest BCUT2D eigenvalue weighted by molar-refractivity contribution is -0.154. The topological polar surface area (TPSA) is 104 Å². The van der Waals surface area contributed by atoms with Gasteiger partial charge < -0.3 is 15.5 Å². The van der Waals surface area contributed by atoms with Crippen LogP contribution in [0.4, 0.5) is 0 Å². The number of hydrogen-bond donors (Lipinski definition) is 3. The molecule has 0 heterocycles. The van der Waals surface area contributed by atoms with Gasteiger partial charge in [0, 0.05) is 12.1 Å². The molecule has 3 N–H and O–H groups in total. The van der Waals surface area contributed by atoms with Crippen LogP contribution in [0.5, 0.6) is 0 Å². The van der Waals surface area contributed by atoms with E-state index in [-0.39, 0.29) is 5.57 Å². The second kappa shape index (κ2) is 5.00. The number of carboxylic acid groups (broad SMARTS) is 2. The predicted octanol–water partition coefficient (Wildman–Crippen LogP) is -0.536. The lowest BCUT2D eigenvalue weighted by Crippen LogP contribution is -2.37. The number of amides is 1. The molecule has 0 rings (SSSR count). The Morgan fingerprint density at radius 2 is 1.71 bits per heavy atom. The van der Waals surface area contributed by atoms with E-state index in [1.165, 1.54) is 6.92 Å². The summed E-state index contributed by atoms with van der Waals surface area (Å²) >= 11 is 0. The molecular weight excluding hydrogens is 190 g/mol. The molecule has 0 fully saturated rings. The van der Waals surface area contributed by atoms with Crippen LogP contribution in [0.3, 0.4) is 0 Å². The van der Waals surface area contributed by atoms with Crippen molar-refractivity contribution in [2.75, 3.05) is 6.54 Å². The first-order valence-corrected chi connectivity index (χ1v) is 3.75. The van der Waals surface area contributed by atoms with Crippen molar-refractivity contribution >= 4 is 17.8 Å². The highest BCUT2D eigenvalue weighted by molar-refractivity contribution is 5.95. The van der Waals surface area contributed by atoms with Crippen LogP contribution in [0.1, 0.15) is 6.92 Å². The fraction of sp³-hybridized carbons (Fsp3) is 0.375. The van der Waals surface area contributed by atoms with Gasteiger partial charge in [0.15, 0.2) is 5.92 Å². The van der Waals surface area contributed by atoms with Gasteiger partial charge in [-0.25, -0.2) is 0 Å². The second-order valence-electron chi connectivity index (χ2n) is 2.72. The lowest BCUT2D eigenvalue weighted by atomic mass is 10.1. The van der Waals surface area contributed by atoms with E-state index in [0.717, 1.165) is 0 Å². The molecule has 0 aliphatic heterocycles. The Hall–Kier alpha value is -1.85. The minimum Gasteiger partial charge on any atom is -0.481 e. The van der Waals surface area contributed by atoms with Crippen LogP contribution < -0.4 is 5.32 Å². The molecule has 0 aliphatic rings. The molecular formula is C8H11NO5. The van der Waals surface area contributed by atoms with Crippen molar-refractivity contribution in [2.24, 2.45) is 5.92 Å². The van der Waals surface area contributed by atoms with Gasteiger partial charge >= 0.3 is 11.9 Å². The maximum atomic E-state index is 10.9. The molecule has 0 bridgehead atoms. The molecule has 0 atom stereocenters. The van der Waals surface area contributed by atoms with Crippen LogP contribution in [0, 0.1) is 5.92 Å². The number of hydrogen-bond acceptors (Lipinski definition) is 3. The van der Waals surface area contributed by atoms with Gasteiger partial charge in [-0.05, 0) is 6.92 Å². The molecule has 78 valence electrons. The van der Waals surface area contributed by atoms with Crippen molar-refractivity contribution in [1.82, 2.24) is 5.32 Å². The Bertz CT molecular complexity index is 269. The molecule has 6 heteroatoms. The number of nitrogens with one attached hydrogen (secondary N) is 1. The third-order valence-corrected chi connectivity index (χ3v) is 1.45. The van der Waals surface area contributed by atoms with Crippen molar-refractivity contribution in [3.63, 3.8) is 0 Å². The van der Waals surface area contributed by atoms with Crippen LogP contribution in [0.15, 0.2) is 12.2 Å². The summed E-state index contributed by atoms with van der Waals surface area (Å²) in [6.45, 7) is 4.30. The maximum Gasteiger partial charge on any atom is 0.319 e. The molecule has 6 nitrogen and oxygen atoms in total. The first kappa shape index (κ1) is 12.2. The molecule has 1 amide bonds. The minimum absolute atomic E-state index is 0.194. The SMILES string of the molecule is C=C(C)C(=O)NCC(C(=O)O)C(=O)O. The van der Waals surface area contributed by atoms with Crippen LogP contribution in [0.2, 0.25) is 0 Å². The molecule has 0 aromatic heterocycles. The molecule has 0 aromatic rings. The highest BCUT2D eigenvalue weighted by atomic mass is 16.4. The van der Waals surface area contributed by atoms with Gasteiger partial charge in [0.25, 0.3) is 0 Å². The summed E-state index contributed by atoms with van der Waals surface area (Å²) in [5, 5.41) is 19.0. The Kier molecular flexibility index (Phi) is 4.34. The Morgan fingerprint density at radius 1 is 1.29 bits per heavy atom. The molecule has 0 saturated carbocycles. The average molecular weight is 201 g/mol. The molecule has 0 aliphatic carbocycles. The summed E-state index contributed by atoms with van der Waals surface area (Å²) in [5.41, 5.74) is 0.194. The quantitative estimate of drug-likeness (QED) is 0.409. The van der Waals surface area contributed by atoms with E-state index in [4.69, 9.17) is 10.2 Å². The summed E-state index contributed by atoms with van der Waals surface area (Å²) < 4.78 is 0. The standard InChI is InChI=1S/C8H11NO5/c1-4(2)6(10)9-3-5(7(11)12)8(13)14/h5H,1,3H2,2H3,(H,9,10)(H,11,12)(H,13,14). The average Bonchev–Trinajstić information content (AvgIpc) is 2.02. The van der Waals surface area contributed by atoms with E-state index < -0.39 is 30.3 Å². The summed E-state index contributed by atoms with van der Waals surface area (Å²) in [6.07, 6.45) is 0. The van der Waals surface area contributed by atoms with Crippen LogP contribution in [0.25, 0.3) is 0 Å². The van der Waals surface area contributed by atoms with Gasteiger partial charge in [-0.2, -0.15) is 0 Å². The molecule has 0 spiro atoms. The van der Waals surface area contributed by atoms with E-state index in [0.29, 0.717) is 0 Å². The maximum absolute atomic E-state index is 10.9. The molecule has 0 radical (unpaired) electrons. The minimum atomic E-state index is -1.63. The molecule has 0 aromatic carbocycles. The van der Waals surface area contributed by atoms with Gasteiger partial charge in [-0.3, -0.25) is 14.4 Å². The summed E-state index contributed by atoms with van der Waals surface area (Å²) in [6, 6.07) is 0. The third kappa shape index (κ3) is 3.70. The van der Waals surface area contributed by atoms with E-state index in [1.807, 2.05) is 0 Å². The zero-order valence-electron chi connectivity index (χ0n) is 7.61. The van der Waals surface area contributed by atoms with Crippen molar-refractivity contribution in [1.29, 1.82) is 0 Å². The predicted molar refractivity (Wildman–Crippen MR) is 46.6 cm³/mol. The summed E-state index contributed by atoms with van der Waals surface area (Å²) in [5.74, 6) is -5.16. The van der Waals surface area contributed by atoms with E-state index in [2.05, 4.69) is 11.9 Å². The van der Waals surface area contributed by atoms with Gasteiger partial charge in [0.2, 0.25) is 5.91 Å². The normalized spacial score (nSPS) is 9.57. The smallest absolute Gasteiger partial charge is 0.319 e. The number of carbonyl (C=O) groups is 3. The Morgan fingerprint density at radius 3 is 2.00 bits per heavy atom. The van der Waals surface area contributed by atoms with Crippen LogP contribution >= 0.6 is 0 Å². The van der Waals surface area contributed by atoms with Crippen LogP contribution in [-0.2, 0) is 14.4 Å². The van der Waals surface area contributed by atoms with E-state index >= 15 is 0 Å². The lowest BCUT2D eigenvalue weighted by Gasteiger charge is -2.08. The fourth-order valence-corrected chi connectivity index (χ4v) is 0.626. The Balaban J connectivity index is 4.21. The Labute approximate surface area is 80.2 Å². The number of carboxylic acids is 2. The zero-order valence-corrected chi connectivity index (χ0v) is 7.61. The first-order chi connectivity index (χ1) is 6.36. The number of carbonyl (C=O) groups excluding carboxylic acids is 1. The van der Waals surface area contributed by atoms with Crippen molar-refractivity contribution in [3.05, 3.63) is 12.2 Å². The third-order valence-electron chi connectivity index (χ3n) is 1.45. The monoisotopic (exact) mass is 201 g/mol. The first-order valence-electron chi connectivity index (χ1n) is 3.75. The highest BCUT2D eigenvalue weighted by Crippen LogP contribution is 1.96. The summed E-state index contributed by atoms with van der Waals surface area (Å²) in [4.78, 5) is 31.6. The van der Waals surface area contributed by atoms with Crippen molar-refractivity contribution in [2.45, 2.75) is 6.92 Å². The van der Waals surface area contributed by atoms with E-state index in [9.17, 15) is 14.4 Å². The van der Waals surface area contributed by atoms with Gasteiger partial charge in [0.05, 0.1) is 0 Å². The van der Waals surface area contributed by atoms with Crippen LogP contribution in [-0.4, -0.2) is 34.6 Å². The van der Waals surface area contributed by atoms with Gasteiger partial charge in [-0.1, -0.05) is 6.58 Å². The summed E-state index contributed by atoms with van der Waals surface area (Å²) in [7, 11) is 0. The molecule has 14 heavy (non-hydrogen) atoms.